The molecule has 1 fully saturated rings. The first-order valence-corrected chi connectivity index (χ1v) is 8.65. The smallest absolute Gasteiger partial charge is 0.304 e. The second-order valence-corrected chi connectivity index (χ2v) is 7.78. The van der Waals surface area contributed by atoms with E-state index in [9.17, 15) is 18.5 Å². The van der Waals surface area contributed by atoms with E-state index in [1.807, 2.05) is 6.92 Å². The zero-order valence-corrected chi connectivity index (χ0v) is 13.0. The SMILES string of the molecule is CCC1CCCN1S(=O)(=O)c1cc([N+](=O)[O-])c(NC)s1. The summed E-state index contributed by atoms with van der Waals surface area (Å²) in [5, 5.41) is 13.9. The van der Waals surface area contributed by atoms with Crippen LogP contribution in [0, 0.1) is 10.1 Å². The van der Waals surface area contributed by atoms with Crippen LogP contribution in [0.4, 0.5) is 10.7 Å². The van der Waals surface area contributed by atoms with Crippen molar-refractivity contribution in [3.63, 3.8) is 0 Å². The molecule has 1 atom stereocenters. The largest absolute Gasteiger partial charge is 0.374 e. The summed E-state index contributed by atoms with van der Waals surface area (Å²) in [6, 6.07) is 1.15. The number of hydrogen-bond donors (Lipinski definition) is 1. The molecule has 20 heavy (non-hydrogen) atoms. The van der Waals surface area contributed by atoms with E-state index in [0.717, 1.165) is 36.7 Å². The van der Waals surface area contributed by atoms with E-state index in [1.54, 1.807) is 7.05 Å². The van der Waals surface area contributed by atoms with Crippen LogP contribution in [0.2, 0.25) is 0 Å². The fraction of sp³-hybridized carbons (Fsp3) is 0.636. The fourth-order valence-corrected chi connectivity index (χ4v) is 5.63. The molecule has 0 aromatic carbocycles. The lowest BCUT2D eigenvalue weighted by Crippen LogP contribution is -2.34. The van der Waals surface area contributed by atoms with Gasteiger partial charge in [0.1, 0.15) is 4.21 Å². The molecule has 1 saturated heterocycles. The van der Waals surface area contributed by atoms with Crippen LogP contribution in [0.25, 0.3) is 0 Å². The van der Waals surface area contributed by atoms with Crippen LogP contribution >= 0.6 is 11.3 Å². The minimum atomic E-state index is -3.64. The third kappa shape index (κ3) is 2.52. The van der Waals surface area contributed by atoms with Gasteiger partial charge >= 0.3 is 5.69 Å². The number of nitro groups is 1. The average Bonchev–Trinajstić information content (AvgIpc) is 3.05. The molecule has 1 aromatic rings. The Labute approximate surface area is 121 Å². The molecule has 0 radical (unpaired) electrons. The predicted octanol–water partition coefficient (Wildman–Crippen LogP) is 2.26. The zero-order valence-electron chi connectivity index (χ0n) is 11.3. The predicted molar refractivity (Wildman–Crippen MR) is 77.7 cm³/mol. The van der Waals surface area contributed by atoms with Crippen LogP contribution in [0.15, 0.2) is 10.3 Å². The lowest BCUT2D eigenvalue weighted by Gasteiger charge is -2.21. The molecule has 2 heterocycles. The van der Waals surface area contributed by atoms with Crippen LogP contribution in [-0.4, -0.2) is 37.3 Å². The van der Waals surface area contributed by atoms with E-state index in [1.165, 1.54) is 4.31 Å². The number of hydrogen-bond acceptors (Lipinski definition) is 6. The molecule has 0 bridgehead atoms. The first kappa shape index (κ1) is 15.2. The highest BCUT2D eigenvalue weighted by molar-refractivity contribution is 7.91. The standard InChI is InChI=1S/C11H17N3O4S2/c1-3-8-5-4-6-13(8)20(17,18)10-7-9(14(15)16)11(12-2)19-10/h7-8,12H,3-6H2,1-2H3. The van der Waals surface area contributed by atoms with Crippen LogP contribution in [0.1, 0.15) is 26.2 Å². The molecule has 0 aliphatic carbocycles. The summed E-state index contributed by atoms with van der Waals surface area (Å²) in [6.07, 6.45) is 2.44. The van der Waals surface area contributed by atoms with E-state index in [0.29, 0.717) is 6.54 Å². The van der Waals surface area contributed by atoms with Gasteiger partial charge in [-0.05, 0) is 19.3 Å². The monoisotopic (exact) mass is 319 g/mol. The van der Waals surface area contributed by atoms with Crippen molar-refractivity contribution in [2.45, 2.75) is 36.4 Å². The van der Waals surface area contributed by atoms with Crippen LogP contribution < -0.4 is 5.32 Å². The van der Waals surface area contributed by atoms with Crippen molar-refractivity contribution >= 4 is 32.0 Å². The maximum absolute atomic E-state index is 12.6. The van der Waals surface area contributed by atoms with Gasteiger partial charge in [0.05, 0.1) is 4.92 Å². The van der Waals surface area contributed by atoms with Gasteiger partial charge in [0.25, 0.3) is 10.0 Å². The Balaban J connectivity index is 2.42. The van der Waals surface area contributed by atoms with E-state index in [-0.39, 0.29) is 20.9 Å². The normalized spacial score (nSPS) is 20.2. The zero-order chi connectivity index (χ0) is 14.9. The summed E-state index contributed by atoms with van der Waals surface area (Å²) in [7, 11) is -2.10. The molecule has 1 aliphatic heterocycles. The van der Waals surface area contributed by atoms with Crippen molar-refractivity contribution in [3.8, 4) is 0 Å². The lowest BCUT2D eigenvalue weighted by atomic mass is 10.2. The number of rotatable bonds is 5. The summed E-state index contributed by atoms with van der Waals surface area (Å²) in [5.74, 6) is 0. The van der Waals surface area contributed by atoms with Gasteiger partial charge in [-0.15, -0.1) is 0 Å². The second kappa shape index (κ2) is 5.66. The Morgan fingerprint density at radius 3 is 2.80 bits per heavy atom. The summed E-state index contributed by atoms with van der Waals surface area (Å²) in [5.41, 5.74) is -0.191. The van der Waals surface area contributed by atoms with Crippen LogP contribution in [-0.2, 0) is 10.0 Å². The second-order valence-electron chi connectivity index (χ2n) is 4.61. The lowest BCUT2D eigenvalue weighted by molar-refractivity contribution is -0.383. The van der Waals surface area contributed by atoms with Crippen molar-refractivity contribution in [2.24, 2.45) is 0 Å². The van der Waals surface area contributed by atoms with E-state index < -0.39 is 14.9 Å². The molecule has 1 unspecified atom stereocenters. The van der Waals surface area contributed by atoms with E-state index >= 15 is 0 Å². The molecule has 7 nitrogen and oxygen atoms in total. The quantitative estimate of drug-likeness (QED) is 0.664. The summed E-state index contributed by atoms with van der Waals surface area (Å²) >= 11 is 0.912. The van der Waals surface area contributed by atoms with Crippen molar-refractivity contribution in [1.82, 2.24) is 4.31 Å². The van der Waals surface area contributed by atoms with Gasteiger partial charge in [0, 0.05) is 25.7 Å². The van der Waals surface area contributed by atoms with Gasteiger partial charge in [-0.2, -0.15) is 4.31 Å². The molecule has 1 aliphatic rings. The molecule has 0 spiro atoms. The minimum Gasteiger partial charge on any atom is -0.374 e. The van der Waals surface area contributed by atoms with Crippen molar-refractivity contribution in [1.29, 1.82) is 0 Å². The minimum absolute atomic E-state index is 0.000748. The first-order valence-electron chi connectivity index (χ1n) is 6.39. The average molecular weight is 319 g/mol. The summed E-state index contributed by atoms with van der Waals surface area (Å²) < 4.78 is 26.7. The van der Waals surface area contributed by atoms with Gasteiger partial charge in [0.2, 0.25) is 0 Å². The van der Waals surface area contributed by atoms with E-state index in [2.05, 4.69) is 5.32 Å². The Morgan fingerprint density at radius 2 is 2.30 bits per heavy atom. The first-order chi connectivity index (χ1) is 9.41. The molecule has 0 saturated carbocycles. The highest BCUT2D eigenvalue weighted by atomic mass is 32.2. The highest BCUT2D eigenvalue weighted by Gasteiger charge is 2.37. The fourth-order valence-electron chi connectivity index (χ4n) is 2.45. The maximum atomic E-state index is 12.6. The number of thiophene rings is 1. The molecule has 1 N–H and O–H groups in total. The molecule has 1 aromatic heterocycles. The van der Waals surface area contributed by atoms with Crippen molar-refractivity contribution in [2.75, 3.05) is 18.9 Å². The van der Waals surface area contributed by atoms with Crippen molar-refractivity contribution in [3.05, 3.63) is 16.2 Å². The summed E-state index contributed by atoms with van der Waals surface area (Å²) in [4.78, 5) is 10.4. The molecule has 9 heteroatoms. The van der Waals surface area contributed by atoms with Gasteiger partial charge < -0.3 is 5.32 Å². The number of nitrogens with zero attached hydrogens (tertiary/aromatic N) is 2. The Hall–Kier alpha value is -1.19. The third-order valence-corrected chi connectivity index (χ3v) is 7.01. The van der Waals surface area contributed by atoms with Gasteiger partial charge in [0.15, 0.2) is 5.00 Å². The Kier molecular flexibility index (Phi) is 4.31. The van der Waals surface area contributed by atoms with Gasteiger partial charge in [-0.1, -0.05) is 18.3 Å². The van der Waals surface area contributed by atoms with Crippen LogP contribution in [0.3, 0.4) is 0 Å². The molecule has 0 amide bonds. The molecule has 112 valence electrons. The maximum Gasteiger partial charge on any atom is 0.304 e. The Bertz CT molecular complexity index is 611. The van der Waals surface area contributed by atoms with E-state index in [4.69, 9.17) is 0 Å². The Morgan fingerprint density at radius 1 is 1.60 bits per heavy atom. The molecular formula is C11H17N3O4S2. The van der Waals surface area contributed by atoms with Gasteiger partial charge in [-0.25, -0.2) is 8.42 Å². The topological polar surface area (TPSA) is 92.5 Å². The number of nitrogens with one attached hydrogen (secondary N) is 1. The summed E-state index contributed by atoms with van der Waals surface area (Å²) in [6.45, 7) is 2.44. The molecular weight excluding hydrogens is 302 g/mol. The highest BCUT2D eigenvalue weighted by Crippen LogP contribution is 2.39. The number of sulfonamides is 1. The number of anilines is 1. The molecule has 2 rings (SSSR count). The van der Waals surface area contributed by atoms with Crippen molar-refractivity contribution < 1.29 is 13.3 Å². The van der Waals surface area contributed by atoms with Gasteiger partial charge in [-0.3, -0.25) is 10.1 Å². The third-order valence-electron chi connectivity index (χ3n) is 3.47. The van der Waals surface area contributed by atoms with Crippen LogP contribution in [0.5, 0.6) is 0 Å².